The zero-order chi connectivity index (χ0) is 24.8. The van der Waals surface area contributed by atoms with Crippen LogP contribution in [0.3, 0.4) is 0 Å². The van der Waals surface area contributed by atoms with Gasteiger partial charge in [0.2, 0.25) is 15.9 Å². The van der Waals surface area contributed by atoms with E-state index in [0.717, 1.165) is 5.56 Å². The number of hydrogen-bond acceptors (Lipinski definition) is 4. The minimum absolute atomic E-state index is 0.110. The van der Waals surface area contributed by atoms with Crippen LogP contribution < -0.4 is 10.1 Å². The SMILES string of the molecule is O=C(Nc1ccc(OCc2ccccc2)cc1)C1CCN(S(=O)(=O)Cc2ccc(Cl)cc2Cl)CC1. The fraction of sp³-hybridized carbons (Fsp3) is 0.269. The summed E-state index contributed by atoms with van der Waals surface area (Å²) in [6.45, 7) is 1.05. The summed E-state index contributed by atoms with van der Waals surface area (Å²) < 4.78 is 32.9. The van der Waals surface area contributed by atoms with Crippen LogP contribution in [0.4, 0.5) is 5.69 Å². The third-order valence-electron chi connectivity index (χ3n) is 5.94. The Labute approximate surface area is 215 Å². The molecule has 0 unspecified atom stereocenters. The molecule has 0 saturated carbocycles. The van der Waals surface area contributed by atoms with Crippen molar-refractivity contribution in [2.45, 2.75) is 25.2 Å². The standard InChI is InChI=1S/C26H26Cl2N2O4S/c27-22-7-6-21(25(28)16-22)18-35(32,33)30-14-12-20(13-15-30)26(31)29-23-8-10-24(11-9-23)34-17-19-4-2-1-3-5-19/h1-11,16,20H,12-15,17-18H2,(H,29,31). The molecule has 1 heterocycles. The third kappa shape index (κ3) is 6.98. The van der Waals surface area contributed by atoms with Crippen molar-refractivity contribution in [1.29, 1.82) is 0 Å². The lowest BCUT2D eigenvalue weighted by atomic mass is 9.97. The summed E-state index contributed by atoms with van der Waals surface area (Å²) >= 11 is 12.0. The van der Waals surface area contributed by atoms with Crippen molar-refractivity contribution >= 4 is 44.8 Å². The number of nitrogens with zero attached hydrogens (tertiary/aromatic N) is 1. The Morgan fingerprint density at radius 1 is 0.971 bits per heavy atom. The molecular formula is C26H26Cl2N2O4S. The lowest BCUT2D eigenvalue weighted by Crippen LogP contribution is -2.41. The van der Waals surface area contributed by atoms with Gasteiger partial charge in [0.25, 0.3) is 0 Å². The molecule has 0 atom stereocenters. The van der Waals surface area contributed by atoms with Gasteiger partial charge < -0.3 is 10.1 Å². The van der Waals surface area contributed by atoms with E-state index in [9.17, 15) is 13.2 Å². The predicted molar refractivity (Wildman–Crippen MR) is 139 cm³/mol. The number of carbonyl (C=O) groups excluding carboxylic acids is 1. The van der Waals surface area contributed by atoms with Crippen molar-refractivity contribution in [2.75, 3.05) is 18.4 Å². The van der Waals surface area contributed by atoms with Crippen LogP contribution in [0, 0.1) is 5.92 Å². The molecule has 9 heteroatoms. The smallest absolute Gasteiger partial charge is 0.227 e. The van der Waals surface area contributed by atoms with Gasteiger partial charge in [0.15, 0.2) is 0 Å². The van der Waals surface area contributed by atoms with E-state index < -0.39 is 10.0 Å². The highest BCUT2D eigenvalue weighted by Gasteiger charge is 2.31. The first kappa shape index (κ1) is 25.5. The highest BCUT2D eigenvalue weighted by atomic mass is 35.5. The summed E-state index contributed by atoms with van der Waals surface area (Å²) in [5.41, 5.74) is 2.26. The molecule has 184 valence electrons. The molecule has 0 spiro atoms. The van der Waals surface area contributed by atoms with Crippen LogP contribution in [-0.2, 0) is 27.2 Å². The Balaban J connectivity index is 1.26. The predicted octanol–water partition coefficient (Wildman–Crippen LogP) is 5.75. The maximum atomic E-state index is 12.9. The number of hydrogen-bond donors (Lipinski definition) is 1. The number of amides is 1. The van der Waals surface area contributed by atoms with E-state index in [-0.39, 0.29) is 30.7 Å². The number of benzene rings is 3. The van der Waals surface area contributed by atoms with Gasteiger partial charge in [-0.3, -0.25) is 4.79 Å². The lowest BCUT2D eigenvalue weighted by Gasteiger charge is -2.30. The number of piperidine rings is 1. The number of carbonyl (C=O) groups is 1. The Kier molecular flexibility index (Phi) is 8.34. The van der Waals surface area contributed by atoms with Gasteiger partial charge in [-0.15, -0.1) is 0 Å². The van der Waals surface area contributed by atoms with Gasteiger partial charge in [0, 0.05) is 34.7 Å². The normalized spacial score (nSPS) is 15.0. The van der Waals surface area contributed by atoms with Crippen LogP contribution in [0.25, 0.3) is 0 Å². The molecule has 0 bridgehead atoms. The van der Waals surface area contributed by atoms with E-state index in [2.05, 4.69) is 5.32 Å². The number of rotatable bonds is 8. The summed E-state index contributed by atoms with van der Waals surface area (Å²) in [7, 11) is -3.55. The zero-order valence-electron chi connectivity index (χ0n) is 19.0. The average molecular weight is 533 g/mol. The first-order valence-electron chi connectivity index (χ1n) is 11.3. The molecule has 0 aliphatic carbocycles. The molecule has 1 aliphatic rings. The second kappa shape index (κ2) is 11.4. The fourth-order valence-corrected chi connectivity index (χ4v) is 6.09. The van der Waals surface area contributed by atoms with E-state index in [4.69, 9.17) is 27.9 Å². The van der Waals surface area contributed by atoms with Crippen molar-refractivity contribution in [1.82, 2.24) is 4.31 Å². The first-order valence-corrected chi connectivity index (χ1v) is 13.7. The highest BCUT2D eigenvalue weighted by molar-refractivity contribution is 7.88. The van der Waals surface area contributed by atoms with Crippen molar-refractivity contribution in [3.63, 3.8) is 0 Å². The molecule has 3 aromatic carbocycles. The quantitative estimate of drug-likeness (QED) is 0.400. The van der Waals surface area contributed by atoms with Crippen molar-refractivity contribution < 1.29 is 17.9 Å². The monoisotopic (exact) mass is 532 g/mol. The van der Waals surface area contributed by atoms with E-state index in [1.165, 1.54) is 10.4 Å². The van der Waals surface area contributed by atoms with Crippen LogP contribution >= 0.6 is 23.2 Å². The van der Waals surface area contributed by atoms with E-state index in [1.807, 2.05) is 42.5 Å². The van der Waals surface area contributed by atoms with Gasteiger partial charge in [-0.2, -0.15) is 0 Å². The van der Waals surface area contributed by atoms with Crippen molar-refractivity contribution in [3.8, 4) is 5.75 Å². The number of nitrogens with one attached hydrogen (secondary N) is 1. The van der Waals surface area contributed by atoms with Crippen LogP contribution in [0.1, 0.15) is 24.0 Å². The molecule has 1 fully saturated rings. The first-order chi connectivity index (χ1) is 16.8. The molecule has 0 radical (unpaired) electrons. The third-order valence-corrected chi connectivity index (χ3v) is 8.36. The van der Waals surface area contributed by atoms with Crippen molar-refractivity contribution in [2.24, 2.45) is 5.92 Å². The van der Waals surface area contributed by atoms with Crippen LogP contribution in [-0.4, -0.2) is 31.7 Å². The van der Waals surface area contributed by atoms with Gasteiger partial charge in [-0.1, -0.05) is 59.6 Å². The molecule has 35 heavy (non-hydrogen) atoms. The fourth-order valence-electron chi connectivity index (χ4n) is 3.94. The minimum atomic E-state index is -3.55. The molecule has 1 N–H and O–H groups in total. The lowest BCUT2D eigenvalue weighted by molar-refractivity contribution is -0.120. The minimum Gasteiger partial charge on any atom is -0.489 e. The second-order valence-corrected chi connectivity index (χ2v) is 11.3. The topological polar surface area (TPSA) is 75.7 Å². The number of ether oxygens (including phenoxy) is 1. The van der Waals surface area contributed by atoms with Gasteiger partial charge in [0.05, 0.1) is 5.75 Å². The van der Waals surface area contributed by atoms with Crippen LogP contribution in [0.5, 0.6) is 5.75 Å². The van der Waals surface area contributed by atoms with Gasteiger partial charge >= 0.3 is 0 Å². The number of halogens is 2. The van der Waals surface area contributed by atoms with E-state index >= 15 is 0 Å². The second-order valence-electron chi connectivity index (χ2n) is 8.45. The average Bonchev–Trinajstić information content (AvgIpc) is 2.86. The Morgan fingerprint density at radius 2 is 1.66 bits per heavy atom. The molecule has 3 aromatic rings. The molecule has 1 amide bonds. The zero-order valence-corrected chi connectivity index (χ0v) is 21.3. The maximum absolute atomic E-state index is 12.9. The van der Waals surface area contributed by atoms with Crippen molar-refractivity contribution in [3.05, 3.63) is 94.0 Å². The highest BCUT2D eigenvalue weighted by Crippen LogP contribution is 2.27. The number of anilines is 1. The van der Waals surface area contributed by atoms with Gasteiger partial charge in [-0.25, -0.2) is 12.7 Å². The largest absolute Gasteiger partial charge is 0.489 e. The summed E-state index contributed by atoms with van der Waals surface area (Å²) in [6.07, 6.45) is 0.912. The molecule has 0 aromatic heterocycles. The molecule has 6 nitrogen and oxygen atoms in total. The van der Waals surface area contributed by atoms with Crippen LogP contribution in [0.15, 0.2) is 72.8 Å². The summed E-state index contributed by atoms with van der Waals surface area (Å²) in [6, 6.07) is 21.9. The Hall–Kier alpha value is -2.58. The number of sulfonamides is 1. The van der Waals surface area contributed by atoms with Gasteiger partial charge in [0.1, 0.15) is 12.4 Å². The van der Waals surface area contributed by atoms with E-state index in [1.54, 1.807) is 24.3 Å². The summed E-state index contributed by atoms with van der Waals surface area (Å²) in [4.78, 5) is 12.7. The molecule has 1 aliphatic heterocycles. The summed E-state index contributed by atoms with van der Waals surface area (Å²) in [5.74, 6) is 0.153. The molecule has 1 saturated heterocycles. The maximum Gasteiger partial charge on any atom is 0.227 e. The molecule has 4 rings (SSSR count). The summed E-state index contributed by atoms with van der Waals surface area (Å²) in [5, 5.41) is 3.71. The Bertz CT molecular complexity index is 1260. The van der Waals surface area contributed by atoms with Crippen LogP contribution in [0.2, 0.25) is 10.0 Å². The Morgan fingerprint density at radius 3 is 2.31 bits per heavy atom. The van der Waals surface area contributed by atoms with Gasteiger partial charge in [-0.05, 0) is 60.4 Å². The van der Waals surface area contributed by atoms with E-state index in [0.29, 0.717) is 46.5 Å². The molecular weight excluding hydrogens is 507 g/mol.